The summed E-state index contributed by atoms with van der Waals surface area (Å²) in [5.41, 5.74) is 2.92. The van der Waals surface area contributed by atoms with Crippen molar-refractivity contribution >= 4 is 21.7 Å². The van der Waals surface area contributed by atoms with Gasteiger partial charge in [0.05, 0.1) is 11.4 Å². The molecule has 0 saturated carbocycles. The molecule has 2 aromatic carbocycles. The van der Waals surface area contributed by atoms with Gasteiger partial charge in [0, 0.05) is 30.5 Å². The summed E-state index contributed by atoms with van der Waals surface area (Å²) in [6, 6.07) is 17.6. The highest BCUT2D eigenvalue weighted by molar-refractivity contribution is 7.88. The fourth-order valence-corrected chi connectivity index (χ4v) is 3.92. The number of nitrogens with one attached hydrogen (secondary N) is 3. The van der Waals surface area contributed by atoms with E-state index in [1.54, 1.807) is 42.6 Å². The molecule has 0 radical (unpaired) electrons. The molecule has 0 spiro atoms. The molecule has 3 N–H and O–H groups in total. The first kappa shape index (κ1) is 21.4. The molecule has 0 fully saturated rings. The fourth-order valence-electron chi connectivity index (χ4n) is 2.78. The van der Waals surface area contributed by atoms with Crippen molar-refractivity contribution in [3.8, 4) is 11.3 Å². The minimum absolute atomic E-state index is 0.100. The van der Waals surface area contributed by atoms with Gasteiger partial charge in [-0.15, -0.1) is 0 Å². The van der Waals surface area contributed by atoms with E-state index < -0.39 is 16.1 Å². The van der Waals surface area contributed by atoms with Crippen LogP contribution in [0.15, 0.2) is 66.9 Å². The van der Waals surface area contributed by atoms with Crippen LogP contribution >= 0.6 is 0 Å². The Labute approximate surface area is 175 Å². The minimum Gasteiger partial charge on any atom is -0.337 e. The Morgan fingerprint density at radius 2 is 1.80 bits per heavy atom. The molecule has 0 unspecified atom stereocenters. The van der Waals surface area contributed by atoms with E-state index in [9.17, 15) is 13.2 Å². The maximum atomic E-state index is 12.1. The molecule has 9 heteroatoms. The third-order valence-electron chi connectivity index (χ3n) is 4.12. The lowest BCUT2D eigenvalue weighted by molar-refractivity contribution is 0.252. The number of carbonyl (C=O) groups is 1. The van der Waals surface area contributed by atoms with Crippen molar-refractivity contribution in [1.82, 2.24) is 20.0 Å². The topological polar surface area (TPSA) is 113 Å². The number of anilines is 1. The predicted molar refractivity (Wildman–Crippen MR) is 116 cm³/mol. The van der Waals surface area contributed by atoms with Gasteiger partial charge in [-0.3, -0.25) is 0 Å². The maximum Gasteiger partial charge on any atom is 0.319 e. The van der Waals surface area contributed by atoms with Crippen LogP contribution in [0.5, 0.6) is 0 Å². The molecule has 3 aromatic rings. The fraction of sp³-hybridized carbons (Fsp3) is 0.190. The number of nitrogens with zero attached hydrogens (tertiary/aromatic N) is 2. The monoisotopic (exact) mass is 425 g/mol. The average Bonchev–Trinajstić information content (AvgIpc) is 2.72. The van der Waals surface area contributed by atoms with E-state index in [4.69, 9.17) is 0 Å². The van der Waals surface area contributed by atoms with E-state index >= 15 is 0 Å². The third kappa shape index (κ3) is 6.64. The molecule has 2 amide bonds. The molecule has 0 aliphatic rings. The van der Waals surface area contributed by atoms with E-state index in [0.29, 0.717) is 17.1 Å². The number of carbonyl (C=O) groups excluding carboxylic acids is 1. The summed E-state index contributed by atoms with van der Waals surface area (Å²) in [7, 11) is -3.47. The van der Waals surface area contributed by atoms with Crippen LogP contribution in [-0.2, 0) is 15.8 Å². The number of hydrogen-bond acceptors (Lipinski definition) is 5. The SMILES string of the molecule is Cc1nccc(-c2cccc(NC(=O)NCCNS(=O)(=O)Cc3ccccc3)c2)n1. The molecule has 30 heavy (non-hydrogen) atoms. The van der Waals surface area contributed by atoms with Crippen molar-refractivity contribution in [3.63, 3.8) is 0 Å². The number of rotatable bonds is 8. The van der Waals surface area contributed by atoms with Crippen LogP contribution in [0, 0.1) is 6.92 Å². The normalized spacial score (nSPS) is 11.1. The Morgan fingerprint density at radius 3 is 2.57 bits per heavy atom. The van der Waals surface area contributed by atoms with Gasteiger partial charge in [-0.2, -0.15) is 0 Å². The molecule has 156 valence electrons. The number of aromatic nitrogens is 2. The van der Waals surface area contributed by atoms with Gasteiger partial charge in [-0.05, 0) is 30.7 Å². The first-order valence-electron chi connectivity index (χ1n) is 9.37. The van der Waals surface area contributed by atoms with Crippen LogP contribution < -0.4 is 15.4 Å². The molecular weight excluding hydrogens is 402 g/mol. The first-order chi connectivity index (χ1) is 14.4. The standard InChI is InChI=1S/C21H23N5O3S/c1-16-22-11-10-20(25-16)18-8-5-9-19(14-18)26-21(27)23-12-13-24-30(28,29)15-17-6-3-2-4-7-17/h2-11,14,24H,12-13,15H2,1H3,(H2,23,26,27). The largest absolute Gasteiger partial charge is 0.337 e. The van der Waals surface area contributed by atoms with Gasteiger partial charge in [0.15, 0.2) is 0 Å². The van der Waals surface area contributed by atoms with Crippen molar-refractivity contribution in [2.45, 2.75) is 12.7 Å². The summed E-state index contributed by atoms with van der Waals surface area (Å²) < 4.78 is 26.6. The van der Waals surface area contributed by atoms with Crippen molar-refractivity contribution in [2.24, 2.45) is 0 Å². The Hall–Kier alpha value is -3.30. The number of sulfonamides is 1. The predicted octanol–water partition coefficient (Wildman–Crippen LogP) is 2.69. The molecule has 8 nitrogen and oxygen atoms in total. The maximum absolute atomic E-state index is 12.1. The summed E-state index contributed by atoms with van der Waals surface area (Å²) >= 11 is 0. The molecule has 0 atom stereocenters. The van der Waals surface area contributed by atoms with Gasteiger partial charge in [0.1, 0.15) is 5.82 Å². The van der Waals surface area contributed by atoms with Crippen LogP contribution in [-0.4, -0.2) is 37.5 Å². The molecule has 0 bridgehead atoms. The molecule has 1 aromatic heterocycles. The number of urea groups is 1. The Kier molecular flexibility index (Phi) is 7.10. The smallest absolute Gasteiger partial charge is 0.319 e. The highest BCUT2D eigenvalue weighted by Crippen LogP contribution is 2.20. The van der Waals surface area contributed by atoms with E-state index in [0.717, 1.165) is 11.3 Å². The molecule has 0 aliphatic heterocycles. The lowest BCUT2D eigenvalue weighted by Gasteiger charge is -2.10. The Morgan fingerprint density at radius 1 is 1.00 bits per heavy atom. The minimum atomic E-state index is -3.47. The summed E-state index contributed by atoms with van der Waals surface area (Å²) in [4.78, 5) is 20.6. The second-order valence-electron chi connectivity index (χ2n) is 6.59. The Bertz CT molecular complexity index is 1100. The van der Waals surface area contributed by atoms with Crippen molar-refractivity contribution in [3.05, 3.63) is 78.2 Å². The molecule has 3 rings (SSSR count). The number of hydrogen-bond donors (Lipinski definition) is 3. The van der Waals surface area contributed by atoms with Crippen LogP contribution in [0.4, 0.5) is 10.5 Å². The zero-order chi connectivity index (χ0) is 21.4. The van der Waals surface area contributed by atoms with Crippen LogP contribution in [0.25, 0.3) is 11.3 Å². The number of benzene rings is 2. The van der Waals surface area contributed by atoms with Crippen LogP contribution in [0.1, 0.15) is 11.4 Å². The second-order valence-corrected chi connectivity index (χ2v) is 8.40. The highest BCUT2D eigenvalue weighted by atomic mass is 32.2. The first-order valence-corrected chi connectivity index (χ1v) is 11.0. The number of amides is 2. The summed E-state index contributed by atoms with van der Waals surface area (Å²) in [6.07, 6.45) is 1.68. The van der Waals surface area contributed by atoms with E-state index in [-0.39, 0.29) is 18.8 Å². The van der Waals surface area contributed by atoms with Gasteiger partial charge in [0.2, 0.25) is 10.0 Å². The quantitative estimate of drug-likeness (QED) is 0.480. The highest BCUT2D eigenvalue weighted by Gasteiger charge is 2.11. The molecule has 0 aliphatic carbocycles. The van der Waals surface area contributed by atoms with Gasteiger partial charge >= 0.3 is 6.03 Å². The van der Waals surface area contributed by atoms with E-state index in [1.165, 1.54) is 0 Å². The van der Waals surface area contributed by atoms with E-state index in [1.807, 2.05) is 31.2 Å². The molecular formula is C21H23N5O3S. The van der Waals surface area contributed by atoms with Crippen LogP contribution in [0.2, 0.25) is 0 Å². The van der Waals surface area contributed by atoms with Crippen molar-refractivity contribution < 1.29 is 13.2 Å². The Balaban J connectivity index is 1.46. The summed E-state index contributed by atoms with van der Waals surface area (Å²) in [5, 5.41) is 5.37. The van der Waals surface area contributed by atoms with Gasteiger partial charge in [0.25, 0.3) is 0 Å². The van der Waals surface area contributed by atoms with Gasteiger partial charge < -0.3 is 10.6 Å². The second kappa shape index (κ2) is 9.95. The van der Waals surface area contributed by atoms with Gasteiger partial charge in [-0.1, -0.05) is 42.5 Å². The average molecular weight is 426 g/mol. The lowest BCUT2D eigenvalue weighted by atomic mass is 10.1. The van der Waals surface area contributed by atoms with E-state index in [2.05, 4.69) is 25.3 Å². The van der Waals surface area contributed by atoms with Crippen LogP contribution in [0.3, 0.4) is 0 Å². The van der Waals surface area contributed by atoms with Gasteiger partial charge in [-0.25, -0.2) is 27.9 Å². The lowest BCUT2D eigenvalue weighted by Crippen LogP contribution is -2.37. The molecule has 0 saturated heterocycles. The van der Waals surface area contributed by atoms with Crippen molar-refractivity contribution in [2.75, 3.05) is 18.4 Å². The third-order valence-corrected chi connectivity index (χ3v) is 5.48. The van der Waals surface area contributed by atoms with Crippen molar-refractivity contribution in [1.29, 1.82) is 0 Å². The summed E-state index contributed by atoms with van der Waals surface area (Å²) in [6.45, 7) is 2.07. The number of aryl methyl sites for hydroxylation is 1. The molecule has 1 heterocycles. The summed E-state index contributed by atoms with van der Waals surface area (Å²) in [5.74, 6) is 0.563. The zero-order valence-electron chi connectivity index (χ0n) is 16.5. The zero-order valence-corrected chi connectivity index (χ0v) is 17.3.